The highest BCUT2D eigenvalue weighted by Crippen LogP contribution is 2.36. The van der Waals surface area contributed by atoms with Gasteiger partial charge >= 0.3 is 6.18 Å². The maximum Gasteiger partial charge on any atom is 0.417 e. The number of nitrogens with zero attached hydrogens (tertiary/aromatic N) is 1. The molecule has 3 rings (SSSR count). The van der Waals surface area contributed by atoms with E-state index in [0.717, 1.165) is 50.3 Å². The summed E-state index contributed by atoms with van der Waals surface area (Å²) in [5.74, 6) is -0.742. The molecule has 1 aromatic carbocycles. The highest BCUT2D eigenvalue weighted by molar-refractivity contribution is 7.90. The van der Waals surface area contributed by atoms with E-state index in [0.29, 0.717) is 18.5 Å². The molecule has 0 aromatic heterocycles. The van der Waals surface area contributed by atoms with Crippen LogP contribution in [0.1, 0.15) is 57.4 Å². The topological polar surface area (TPSA) is 83.6 Å². The highest BCUT2D eigenvalue weighted by atomic mass is 32.2. The van der Waals surface area contributed by atoms with Crippen LogP contribution in [0.2, 0.25) is 0 Å². The molecular weight excluding hydrogens is 421 g/mol. The molecule has 10 heteroatoms. The zero-order valence-electron chi connectivity index (χ0n) is 16.7. The third-order valence-corrected chi connectivity index (χ3v) is 7.55. The fraction of sp³-hybridized carbons (Fsp3) is 0.600. The Balaban J connectivity index is 1.71. The van der Waals surface area contributed by atoms with Gasteiger partial charge in [-0.15, -0.1) is 0 Å². The van der Waals surface area contributed by atoms with Crippen LogP contribution in [-0.4, -0.2) is 37.2 Å². The van der Waals surface area contributed by atoms with E-state index >= 15 is 0 Å². The normalized spacial score (nSPS) is 22.6. The van der Waals surface area contributed by atoms with Gasteiger partial charge in [0, 0.05) is 13.0 Å². The quantitative estimate of drug-likeness (QED) is 0.725. The Morgan fingerprint density at radius 1 is 1.20 bits per heavy atom. The molecule has 2 amide bonds. The van der Waals surface area contributed by atoms with E-state index < -0.39 is 38.1 Å². The molecule has 1 atom stereocenters. The van der Waals surface area contributed by atoms with Gasteiger partial charge in [-0.05, 0) is 37.8 Å². The summed E-state index contributed by atoms with van der Waals surface area (Å²) in [5.41, 5.74) is -2.75. The Kier molecular flexibility index (Phi) is 6.18. The molecule has 1 aliphatic heterocycles. The summed E-state index contributed by atoms with van der Waals surface area (Å²) in [6.45, 7) is 1.75. The molecule has 1 heterocycles. The molecule has 0 bridgehead atoms. The summed E-state index contributed by atoms with van der Waals surface area (Å²) in [4.78, 5) is 25.6. The first-order chi connectivity index (χ1) is 13.9. The SMILES string of the molecule is CC1(C(=O)NS(=O)(=O)c2ccccc2C(F)(F)F)CCN1C(=O)CCC1CCCC1. The number of carbonyl (C=O) groups excluding carboxylic acids is 2. The minimum Gasteiger partial charge on any atom is -0.328 e. The Bertz CT molecular complexity index is 926. The molecule has 2 aliphatic rings. The van der Waals surface area contributed by atoms with Gasteiger partial charge in [0.15, 0.2) is 0 Å². The van der Waals surface area contributed by atoms with E-state index in [1.54, 1.807) is 4.72 Å². The summed E-state index contributed by atoms with van der Waals surface area (Å²) in [5, 5.41) is 0. The Morgan fingerprint density at radius 3 is 2.40 bits per heavy atom. The molecule has 6 nitrogen and oxygen atoms in total. The number of hydrogen-bond donors (Lipinski definition) is 1. The summed E-state index contributed by atoms with van der Waals surface area (Å²) >= 11 is 0. The molecule has 166 valence electrons. The third-order valence-electron chi connectivity index (χ3n) is 6.16. The van der Waals surface area contributed by atoms with Gasteiger partial charge in [-0.25, -0.2) is 13.1 Å². The smallest absolute Gasteiger partial charge is 0.328 e. The molecule has 1 aromatic rings. The number of sulfonamides is 1. The molecule has 1 unspecified atom stereocenters. The molecule has 2 fully saturated rings. The summed E-state index contributed by atoms with van der Waals surface area (Å²) < 4.78 is 66.4. The van der Waals surface area contributed by atoms with Crippen molar-refractivity contribution in [2.75, 3.05) is 6.54 Å². The second kappa shape index (κ2) is 8.20. The van der Waals surface area contributed by atoms with Gasteiger partial charge in [-0.1, -0.05) is 37.8 Å². The van der Waals surface area contributed by atoms with Crippen LogP contribution in [0.5, 0.6) is 0 Å². The lowest BCUT2D eigenvalue weighted by Crippen LogP contribution is -2.67. The average molecular weight is 446 g/mol. The molecule has 1 aliphatic carbocycles. The second-order valence-electron chi connectivity index (χ2n) is 8.19. The lowest BCUT2D eigenvalue weighted by molar-refractivity contribution is -0.156. The molecule has 0 spiro atoms. The first-order valence-corrected chi connectivity index (χ1v) is 11.5. The number of likely N-dealkylation sites (tertiary alicyclic amines) is 1. The van der Waals surface area contributed by atoms with E-state index in [1.165, 1.54) is 11.8 Å². The van der Waals surface area contributed by atoms with E-state index in [9.17, 15) is 31.2 Å². The number of rotatable bonds is 6. The van der Waals surface area contributed by atoms with Crippen LogP contribution >= 0.6 is 0 Å². The minimum absolute atomic E-state index is 0.237. The average Bonchev–Trinajstić information content (AvgIpc) is 3.17. The maximum atomic E-state index is 13.2. The van der Waals surface area contributed by atoms with Crippen LogP contribution in [0.4, 0.5) is 13.2 Å². The predicted octanol–water partition coefficient (Wildman–Crippen LogP) is 3.47. The first kappa shape index (κ1) is 22.6. The first-order valence-electron chi connectivity index (χ1n) is 9.99. The Labute approximate surface area is 173 Å². The minimum atomic E-state index is -4.89. The number of hydrogen-bond acceptors (Lipinski definition) is 4. The van der Waals surface area contributed by atoms with Gasteiger partial charge in [-0.2, -0.15) is 13.2 Å². The van der Waals surface area contributed by atoms with E-state index in [2.05, 4.69) is 0 Å². The third kappa shape index (κ3) is 4.48. The van der Waals surface area contributed by atoms with E-state index in [4.69, 9.17) is 0 Å². The molecule has 0 radical (unpaired) electrons. The van der Waals surface area contributed by atoms with Crippen molar-refractivity contribution >= 4 is 21.8 Å². The standard InChI is InChI=1S/C20H25F3N2O4S/c1-19(12-13-25(19)17(26)11-10-14-6-2-3-7-14)18(27)24-30(28,29)16-9-5-4-8-15(16)20(21,22)23/h4-5,8-9,14H,2-3,6-7,10-13H2,1H3,(H,24,27). The van der Waals surface area contributed by atoms with Crippen molar-refractivity contribution in [3.8, 4) is 0 Å². The van der Waals surface area contributed by atoms with Crippen molar-refractivity contribution in [1.29, 1.82) is 0 Å². The monoisotopic (exact) mass is 446 g/mol. The Morgan fingerprint density at radius 2 is 1.83 bits per heavy atom. The van der Waals surface area contributed by atoms with Crippen LogP contribution in [0, 0.1) is 5.92 Å². The van der Waals surface area contributed by atoms with Gasteiger partial charge in [0.05, 0.1) is 10.5 Å². The summed E-state index contributed by atoms with van der Waals surface area (Å²) in [7, 11) is -4.76. The van der Waals surface area contributed by atoms with Crippen LogP contribution < -0.4 is 4.72 Å². The molecule has 1 N–H and O–H groups in total. The van der Waals surface area contributed by atoms with Crippen molar-refractivity contribution in [3.05, 3.63) is 29.8 Å². The largest absolute Gasteiger partial charge is 0.417 e. The number of halogens is 3. The summed E-state index contributed by atoms with van der Waals surface area (Å²) in [6, 6.07) is 3.66. The number of benzene rings is 1. The fourth-order valence-corrected chi connectivity index (χ4v) is 5.48. The van der Waals surface area contributed by atoms with E-state index in [-0.39, 0.29) is 18.7 Å². The van der Waals surface area contributed by atoms with Crippen molar-refractivity contribution in [3.63, 3.8) is 0 Å². The van der Waals surface area contributed by atoms with Crippen LogP contribution in [0.25, 0.3) is 0 Å². The van der Waals surface area contributed by atoms with E-state index in [1.807, 2.05) is 0 Å². The zero-order chi connectivity index (χ0) is 22.2. The van der Waals surface area contributed by atoms with Gasteiger partial charge in [-0.3, -0.25) is 9.59 Å². The lowest BCUT2D eigenvalue weighted by atomic mass is 9.85. The van der Waals surface area contributed by atoms with Gasteiger partial charge in [0.1, 0.15) is 5.54 Å². The number of alkyl halides is 3. The molecule has 30 heavy (non-hydrogen) atoms. The van der Waals surface area contributed by atoms with Crippen molar-refractivity contribution < 1.29 is 31.2 Å². The van der Waals surface area contributed by atoms with Crippen molar-refractivity contribution in [1.82, 2.24) is 9.62 Å². The van der Waals surface area contributed by atoms with Gasteiger partial charge < -0.3 is 4.90 Å². The predicted molar refractivity (Wildman–Crippen MR) is 103 cm³/mol. The molecule has 1 saturated carbocycles. The maximum absolute atomic E-state index is 13.2. The highest BCUT2D eigenvalue weighted by Gasteiger charge is 2.50. The Hall–Kier alpha value is -2.10. The van der Waals surface area contributed by atoms with Crippen molar-refractivity contribution in [2.45, 2.75) is 68.5 Å². The molecule has 1 saturated heterocycles. The van der Waals surface area contributed by atoms with Gasteiger partial charge in [0.25, 0.3) is 15.9 Å². The van der Waals surface area contributed by atoms with Gasteiger partial charge in [0.2, 0.25) is 5.91 Å². The van der Waals surface area contributed by atoms with Crippen molar-refractivity contribution in [2.24, 2.45) is 5.92 Å². The second-order valence-corrected chi connectivity index (χ2v) is 9.84. The lowest BCUT2D eigenvalue weighted by Gasteiger charge is -2.49. The summed E-state index contributed by atoms with van der Waals surface area (Å²) in [6.07, 6.45) is 0.826. The number of carbonyl (C=O) groups is 2. The molecular formula is C20H25F3N2O4S. The van der Waals surface area contributed by atoms with Crippen LogP contribution in [-0.2, 0) is 25.8 Å². The van der Waals surface area contributed by atoms with Crippen LogP contribution in [0.3, 0.4) is 0 Å². The number of nitrogens with one attached hydrogen (secondary N) is 1. The fourth-order valence-electron chi connectivity index (χ4n) is 4.18. The van der Waals surface area contributed by atoms with Crippen LogP contribution in [0.15, 0.2) is 29.2 Å². The zero-order valence-corrected chi connectivity index (χ0v) is 17.5. The number of amides is 2.